The number of aryl methyl sites for hydroxylation is 1. The molecule has 0 bridgehead atoms. The molecular weight excluding hydrogens is 376 g/mol. The zero-order chi connectivity index (χ0) is 19.9. The zero-order valence-electron chi connectivity index (χ0n) is 15.9. The third-order valence-electron chi connectivity index (χ3n) is 4.29. The molecule has 0 radical (unpaired) electrons. The predicted molar refractivity (Wildman–Crippen MR) is 109 cm³/mol. The number of carbonyl (C=O) groups excluding carboxylic acids is 2. The Morgan fingerprint density at radius 2 is 1.96 bits per heavy atom. The Balaban J connectivity index is 1.49. The van der Waals surface area contributed by atoms with E-state index in [1.807, 2.05) is 24.3 Å². The number of amides is 1. The van der Waals surface area contributed by atoms with Gasteiger partial charge < -0.3 is 14.8 Å². The Hall–Kier alpha value is -2.93. The van der Waals surface area contributed by atoms with Gasteiger partial charge in [0.05, 0.1) is 29.4 Å². The summed E-state index contributed by atoms with van der Waals surface area (Å²) < 4.78 is 11.1. The first-order chi connectivity index (χ1) is 13.6. The molecule has 0 saturated carbocycles. The molecule has 2 aromatic carbocycles. The highest BCUT2D eigenvalue weighted by Crippen LogP contribution is 2.23. The predicted octanol–water partition coefficient (Wildman–Crippen LogP) is 3.73. The molecule has 0 spiro atoms. The highest BCUT2D eigenvalue weighted by atomic mass is 32.1. The Kier molecular flexibility index (Phi) is 6.60. The van der Waals surface area contributed by atoms with E-state index in [1.165, 1.54) is 18.9 Å². The van der Waals surface area contributed by atoms with E-state index in [1.54, 1.807) is 23.5 Å². The van der Waals surface area contributed by atoms with Crippen molar-refractivity contribution in [1.82, 2.24) is 10.3 Å². The minimum absolute atomic E-state index is 0.0310. The fraction of sp³-hybridized carbons (Fsp3) is 0.286. The molecule has 0 aliphatic rings. The van der Waals surface area contributed by atoms with Crippen molar-refractivity contribution < 1.29 is 19.1 Å². The summed E-state index contributed by atoms with van der Waals surface area (Å²) in [7, 11) is 2.82. The minimum Gasteiger partial charge on any atom is -0.496 e. The zero-order valence-corrected chi connectivity index (χ0v) is 16.7. The van der Waals surface area contributed by atoms with E-state index in [-0.39, 0.29) is 5.91 Å². The van der Waals surface area contributed by atoms with Crippen LogP contribution in [0, 0.1) is 0 Å². The molecule has 0 atom stereocenters. The fourth-order valence-electron chi connectivity index (χ4n) is 2.85. The molecule has 28 heavy (non-hydrogen) atoms. The third kappa shape index (κ3) is 4.86. The van der Waals surface area contributed by atoms with Crippen molar-refractivity contribution in [1.29, 1.82) is 0 Å². The molecule has 0 aliphatic heterocycles. The van der Waals surface area contributed by atoms with Crippen molar-refractivity contribution in [2.45, 2.75) is 25.8 Å². The lowest BCUT2D eigenvalue weighted by Crippen LogP contribution is -2.22. The molecule has 1 amide bonds. The first-order valence-electron chi connectivity index (χ1n) is 8.97. The van der Waals surface area contributed by atoms with E-state index in [0.29, 0.717) is 24.3 Å². The van der Waals surface area contributed by atoms with Gasteiger partial charge in [0.2, 0.25) is 5.91 Å². The summed E-state index contributed by atoms with van der Waals surface area (Å²) in [5.74, 6) is -0.0600. The number of methoxy groups -OCH3 is 2. The Morgan fingerprint density at radius 3 is 2.71 bits per heavy atom. The number of nitrogens with zero attached hydrogens (tertiary/aromatic N) is 1. The summed E-state index contributed by atoms with van der Waals surface area (Å²) in [5, 5.41) is 3.93. The topological polar surface area (TPSA) is 77.5 Å². The number of rotatable bonds is 8. The second-order valence-electron chi connectivity index (χ2n) is 6.23. The maximum Gasteiger partial charge on any atom is 0.341 e. The van der Waals surface area contributed by atoms with Gasteiger partial charge in [-0.25, -0.2) is 9.78 Å². The average Bonchev–Trinajstić information content (AvgIpc) is 3.14. The lowest BCUT2D eigenvalue weighted by Gasteiger charge is -2.10. The van der Waals surface area contributed by atoms with Crippen molar-refractivity contribution in [2.75, 3.05) is 14.2 Å². The van der Waals surface area contributed by atoms with Crippen molar-refractivity contribution in [3.8, 4) is 5.75 Å². The minimum atomic E-state index is -0.471. The van der Waals surface area contributed by atoms with Crippen LogP contribution in [0.15, 0.2) is 42.5 Å². The maximum absolute atomic E-state index is 12.1. The van der Waals surface area contributed by atoms with Crippen LogP contribution in [0.4, 0.5) is 0 Å². The van der Waals surface area contributed by atoms with Crippen LogP contribution in [-0.2, 0) is 22.5 Å². The SMILES string of the molecule is COC(=O)c1cc(CNC(=O)CCCc2nc3ccccc3s2)ccc1OC. The molecule has 3 aromatic rings. The number of hydrogen-bond donors (Lipinski definition) is 1. The van der Waals surface area contributed by atoms with Crippen LogP contribution in [-0.4, -0.2) is 31.1 Å². The monoisotopic (exact) mass is 398 g/mol. The van der Waals surface area contributed by atoms with E-state index in [0.717, 1.165) is 28.9 Å². The van der Waals surface area contributed by atoms with Crippen molar-refractivity contribution in [3.63, 3.8) is 0 Å². The molecular formula is C21H22N2O4S. The number of benzene rings is 2. The molecule has 0 saturated heterocycles. The number of esters is 1. The standard InChI is InChI=1S/C21H22N2O4S/c1-26-17-11-10-14(12-15(17)21(25)27-2)13-22-19(24)8-5-9-20-23-16-6-3-4-7-18(16)28-20/h3-4,6-7,10-12H,5,8-9,13H2,1-2H3,(H,22,24). The second-order valence-corrected chi connectivity index (χ2v) is 7.35. The van der Waals surface area contributed by atoms with E-state index in [9.17, 15) is 9.59 Å². The lowest BCUT2D eigenvalue weighted by molar-refractivity contribution is -0.121. The van der Waals surface area contributed by atoms with Crippen molar-refractivity contribution in [3.05, 3.63) is 58.6 Å². The summed E-state index contributed by atoms with van der Waals surface area (Å²) in [6.07, 6.45) is 1.94. The number of thiazole rings is 1. The normalized spacial score (nSPS) is 10.6. The van der Waals surface area contributed by atoms with Gasteiger partial charge in [0.15, 0.2) is 0 Å². The van der Waals surface area contributed by atoms with Gasteiger partial charge in [0.25, 0.3) is 0 Å². The number of aromatic nitrogens is 1. The number of para-hydroxylation sites is 1. The lowest BCUT2D eigenvalue weighted by atomic mass is 10.1. The van der Waals surface area contributed by atoms with Crippen LogP contribution < -0.4 is 10.1 Å². The quantitative estimate of drug-likeness (QED) is 0.585. The summed E-state index contributed by atoms with van der Waals surface area (Å²) in [6, 6.07) is 13.2. The number of ether oxygens (including phenoxy) is 2. The molecule has 1 heterocycles. The van der Waals surface area contributed by atoms with E-state index in [2.05, 4.69) is 16.4 Å². The van der Waals surface area contributed by atoms with Gasteiger partial charge in [-0.3, -0.25) is 4.79 Å². The smallest absolute Gasteiger partial charge is 0.341 e. The maximum atomic E-state index is 12.1. The molecule has 0 unspecified atom stereocenters. The van der Waals surface area contributed by atoms with Crippen LogP contribution in [0.2, 0.25) is 0 Å². The van der Waals surface area contributed by atoms with Crippen LogP contribution in [0.5, 0.6) is 5.75 Å². The number of nitrogens with one attached hydrogen (secondary N) is 1. The number of carbonyl (C=O) groups is 2. The second kappa shape index (κ2) is 9.32. The Morgan fingerprint density at radius 1 is 1.14 bits per heavy atom. The largest absolute Gasteiger partial charge is 0.496 e. The molecule has 1 N–H and O–H groups in total. The number of hydrogen-bond acceptors (Lipinski definition) is 6. The van der Waals surface area contributed by atoms with E-state index >= 15 is 0 Å². The molecule has 3 rings (SSSR count). The molecule has 7 heteroatoms. The van der Waals surface area contributed by atoms with E-state index in [4.69, 9.17) is 9.47 Å². The fourth-order valence-corrected chi connectivity index (χ4v) is 3.86. The molecule has 0 aliphatic carbocycles. The average molecular weight is 398 g/mol. The molecule has 146 valence electrons. The number of fused-ring (bicyclic) bond motifs is 1. The van der Waals surface area contributed by atoms with Gasteiger partial charge in [-0.2, -0.15) is 0 Å². The first kappa shape index (κ1) is 19.8. The molecule has 0 fully saturated rings. The highest BCUT2D eigenvalue weighted by molar-refractivity contribution is 7.18. The van der Waals surface area contributed by atoms with Crippen LogP contribution in [0.25, 0.3) is 10.2 Å². The van der Waals surface area contributed by atoms with E-state index < -0.39 is 5.97 Å². The Labute approximate surface area is 167 Å². The Bertz CT molecular complexity index is 950. The van der Waals surface area contributed by atoms with Gasteiger partial charge in [0.1, 0.15) is 11.3 Å². The van der Waals surface area contributed by atoms with Crippen molar-refractivity contribution >= 4 is 33.4 Å². The van der Waals surface area contributed by atoms with Crippen LogP contribution in [0.3, 0.4) is 0 Å². The summed E-state index contributed by atoms with van der Waals surface area (Å²) in [4.78, 5) is 28.5. The van der Waals surface area contributed by atoms with Gasteiger partial charge in [-0.1, -0.05) is 18.2 Å². The first-order valence-corrected chi connectivity index (χ1v) is 9.78. The van der Waals surface area contributed by atoms with Crippen LogP contribution >= 0.6 is 11.3 Å². The summed E-state index contributed by atoms with van der Waals surface area (Å²) >= 11 is 1.67. The van der Waals surface area contributed by atoms with Gasteiger partial charge >= 0.3 is 5.97 Å². The summed E-state index contributed by atoms with van der Waals surface area (Å²) in [6.45, 7) is 0.341. The van der Waals surface area contributed by atoms with Crippen LogP contribution in [0.1, 0.15) is 33.8 Å². The van der Waals surface area contributed by atoms with Gasteiger partial charge in [-0.05, 0) is 42.7 Å². The summed E-state index contributed by atoms with van der Waals surface area (Å²) in [5.41, 5.74) is 2.15. The van der Waals surface area contributed by atoms with Gasteiger partial charge in [-0.15, -0.1) is 11.3 Å². The van der Waals surface area contributed by atoms with Crippen molar-refractivity contribution in [2.24, 2.45) is 0 Å². The highest BCUT2D eigenvalue weighted by Gasteiger charge is 2.14. The van der Waals surface area contributed by atoms with Gasteiger partial charge in [0, 0.05) is 13.0 Å². The molecule has 1 aromatic heterocycles. The molecule has 6 nitrogen and oxygen atoms in total. The third-order valence-corrected chi connectivity index (χ3v) is 5.39.